The molecule has 6 nitrogen and oxygen atoms in total. The number of para-hydroxylation sites is 4. The second-order valence-electron chi connectivity index (χ2n) is 10.6. The maximum Gasteiger partial charge on any atom is 0.210 e. The number of rotatable bonds is 4. The summed E-state index contributed by atoms with van der Waals surface area (Å²) < 4.78 is 24.6. The molecule has 6 aromatic carbocycles. The monoisotopic (exact) mass is 596 g/mol. The Kier molecular flexibility index (Phi) is 7.55. The van der Waals surface area contributed by atoms with Crippen LogP contribution in [0, 0.1) is 0 Å². The van der Waals surface area contributed by atoms with Crippen LogP contribution in [0.1, 0.15) is 11.1 Å². The number of anilines is 4. The Morgan fingerprint density at radius 3 is 1.39 bits per heavy atom. The smallest absolute Gasteiger partial charge is 0.210 e. The van der Waals surface area contributed by atoms with E-state index in [1.807, 2.05) is 36.4 Å². The molecule has 0 saturated heterocycles. The summed E-state index contributed by atoms with van der Waals surface area (Å²) in [6.07, 6.45) is 0.912. The maximum atomic E-state index is 12.3. The number of benzene rings is 6. The van der Waals surface area contributed by atoms with E-state index < -0.39 is 9.84 Å². The van der Waals surface area contributed by atoms with E-state index in [-0.39, 0.29) is 21.2 Å². The quantitative estimate of drug-likeness (QED) is 0.156. The summed E-state index contributed by atoms with van der Waals surface area (Å²) in [6.45, 7) is 0. The van der Waals surface area contributed by atoms with Gasteiger partial charge in [0.05, 0.1) is 21.2 Å². The SMILES string of the molecule is Nc1ccccc1-c1ccc2c(c1-c1ccccc1N)Cc1ccccc1-2.Nc1ccccc1S(=O)(=O)c1ccccc1N. The van der Waals surface area contributed by atoms with E-state index in [2.05, 4.69) is 48.5 Å². The van der Waals surface area contributed by atoms with E-state index in [1.165, 1.54) is 39.9 Å². The van der Waals surface area contributed by atoms with Crippen LogP contribution >= 0.6 is 0 Å². The van der Waals surface area contributed by atoms with Crippen molar-refractivity contribution in [1.29, 1.82) is 0 Å². The number of hydrogen-bond donors (Lipinski definition) is 4. The predicted octanol–water partition coefficient (Wildman–Crippen LogP) is 7.44. The highest BCUT2D eigenvalue weighted by Crippen LogP contribution is 2.47. The molecule has 7 heteroatoms. The Morgan fingerprint density at radius 2 is 0.841 bits per heavy atom. The molecule has 0 heterocycles. The van der Waals surface area contributed by atoms with Gasteiger partial charge in [-0.1, -0.05) is 97.1 Å². The lowest BCUT2D eigenvalue weighted by Crippen LogP contribution is -2.07. The molecule has 44 heavy (non-hydrogen) atoms. The van der Waals surface area contributed by atoms with Crippen LogP contribution in [-0.2, 0) is 16.3 Å². The van der Waals surface area contributed by atoms with Crippen molar-refractivity contribution in [1.82, 2.24) is 0 Å². The van der Waals surface area contributed by atoms with E-state index >= 15 is 0 Å². The highest BCUT2D eigenvalue weighted by molar-refractivity contribution is 7.91. The van der Waals surface area contributed by atoms with Gasteiger partial charge in [-0.2, -0.15) is 0 Å². The molecular formula is C37H32N4O2S. The van der Waals surface area contributed by atoms with Gasteiger partial charge in [0.2, 0.25) is 9.84 Å². The van der Waals surface area contributed by atoms with Gasteiger partial charge in [0.1, 0.15) is 0 Å². The van der Waals surface area contributed by atoms with Gasteiger partial charge in [0, 0.05) is 22.5 Å². The first-order valence-electron chi connectivity index (χ1n) is 14.2. The first-order valence-corrected chi connectivity index (χ1v) is 15.6. The van der Waals surface area contributed by atoms with Gasteiger partial charge in [-0.25, -0.2) is 8.42 Å². The molecule has 0 fully saturated rings. The zero-order valence-electron chi connectivity index (χ0n) is 23.9. The highest BCUT2D eigenvalue weighted by Gasteiger charge is 2.25. The molecule has 0 bridgehead atoms. The topological polar surface area (TPSA) is 138 Å². The molecule has 0 amide bonds. The van der Waals surface area contributed by atoms with Gasteiger partial charge in [0.25, 0.3) is 0 Å². The third-order valence-electron chi connectivity index (χ3n) is 7.89. The molecule has 1 aliphatic carbocycles. The van der Waals surface area contributed by atoms with Crippen molar-refractivity contribution in [2.45, 2.75) is 16.2 Å². The fourth-order valence-corrected chi connectivity index (χ4v) is 7.29. The van der Waals surface area contributed by atoms with E-state index in [0.717, 1.165) is 34.5 Å². The summed E-state index contributed by atoms with van der Waals surface area (Å²) in [5.41, 5.74) is 35.8. The fraction of sp³-hybridized carbons (Fsp3) is 0.0270. The number of hydrogen-bond acceptors (Lipinski definition) is 6. The normalized spacial score (nSPS) is 11.6. The predicted molar refractivity (Wildman–Crippen MR) is 182 cm³/mol. The van der Waals surface area contributed by atoms with Gasteiger partial charge in [0.15, 0.2) is 0 Å². The van der Waals surface area contributed by atoms with Crippen LogP contribution in [0.4, 0.5) is 22.7 Å². The average Bonchev–Trinajstić information content (AvgIpc) is 3.41. The van der Waals surface area contributed by atoms with Crippen LogP contribution in [0.25, 0.3) is 33.4 Å². The molecule has 0 spiro atoms. The average molecular weight is 597 g/mol. The van der Waals surface area contributed by atoms with E-state index in [9.17, 15) is 8.42 Å². The molecule has 0 aromatic heterocycles. The largest absolute Gasteiger partial charge is 0.398 e. The minimum Gasteiger partial charge on any atom is -0.398 e. The lowest BCUT2D eigenvalue weighted by atomic mass is 9.87. The van der Waals surface area contributed by atoms with Gasteiger partial charge in [-0.15, -0.1) is 0 Å². The molecule has 1 aliphatic rings. The second kappa shape index (κ2) is 11.6. The maximum absolute atomic E-state index is 12.3. The molecule has 7 rings (SSSR count). The van der Waals surface area contributed by atoms with Crippen molar-refractivity contribution in [3.8, 4) is 33.4 Å². The van der Waals surface area contributed by atoms with Crippen LogP contribution in [0.2, 0.25) is 0 Å². The third kappa shape index (κ3) is 5.14. The molecule has 0 saturated carbocycles. The summed E-state index contributed by atoms with van der Waals surface area (Å²) in [5, 5.41) is 0. The van der Waals surface area contributed by atoms with E-state index in [0.29, 0.717) is 0 Å². The molecule has 0 atom stereocenters. The summed E-state index contributed by atoms with van der Waals surface area (Å²) in [4.78, 5) is 0.163. The number of fused-ring (bicyclic) bond motifs is 3. The Hall–Kier alpha value is -5.53. The number of nitrogens with two attached hydrogens (primary N) is 4. The van der Waals surface area contributed by atoms with Gasteiger partial charge < -0.3 is 22.9 Å². The molecular weight excluding hydrogens is 565 g/mol. The van der Waals surface area contributed by atoms with Gasteiger partial charge in [-0.3, -0.25) is 0 Å². The lowest BCUT2D eigenvalue weighted by Gasteiger charge is -2.18. The van der Waals surface area contributed by atoms with Gasteiger partial charge >= 0.3 is 0 Å². The zero-order chi connectivity index (χ0) is 30.8. The second-order valence-corrected chi connectivity index (χ2v) is 12.5. The third-order valence-corrected chi connectivity index (χ3v) is 9.79. The summed E-state index contributed by atoms with van der Waals surface area (Å²) in [7, 11) is -3.65. The molecule has 0 radical (unpaired) electrons. The van der Waals surface area contributed by atoms with E-state index in [1.54, 1.807) is 36.4 Å². The minimum absolute atomic E-state index is 0.0814. The van der Waals surface area contributed by atoms with Crippen LogP contribution in [0.3, 0.4) is 0 Å². The highest BCUT2D eigenvalue weighted by atomic mass is 32.2. The van der Waals surface area contributed by atoms with Crippen LogP contribution in [0.5, 0.6) is 0 Å². The number of nitrogen functional groups attached to an aromatic ring is 4. The molecule has 0 aliphatic heterocycles. The van der Waals surface area contributed by atoms with Crippen molar-refractivity contribution in [2.24, 2.45) is 0 Å². The Bertz CT molecular complexity index is 2070. The summed E-state index contributed by atoms with van der Waals surface area (Å²) >= 11 is 0. The molecule has 8 N–H and O–H groups in total. The molecule has 6 aromatic rings. The van der Waals surface area contributed by atoms with Crippen molar-refractivity contribution in [3.05, 3.63) is 145 Å². The summed E-state index contributed by atoms with van der Waals surface area (Å²) in [5.74, 6) is 0. The lowest BCUT2D eigenvalue weighted by molar-refractivity contribution is 0.597. The van der Waals surface area contributed by atoms with Crippen molar-refractivity contribution < 1.29 is 8.42 Å². The van der Waals surface area contributed by atoms with Crippen LogP contribution < -0.4 is 22.9 Å². The minimum atomic E-state index is -3.65. The van der Waals surface area contributed by atoms with Crippen molar-refractivity contribution >= 4 is 32.6 Å². The van der Waals surface area contributed by atoms with Crippen molar-refractivity contribution in [3.63, 3.8) is 0 Å². The first kappa shape index (κ1) is 28.6. The van der Waals surface area contributed by atoms with Crippen molar-refractivity contribution in [2.75, 3.05) is 22.9 Å². The number of sulfone groups is 1. The summed E-state index contributed by atoms with van der Waals surface area (Å²) in [6, 6.07) is 41.8. The fourth-order valence-electron chi connectivity index (χ4n) is 5.78. The zero-order valence-corrected chi connectivity index (χ0v) is 24.8. The standard InChI is InChI=1S/C25H20N2.C12H12N2O2S/c26-23-11-5-3-9-19(23)20-14-13-18-17-8-2-1-7-16(17)15-22(18)25(20)21-10-4-6-12-24(21)27;13-9-5-1-3-7-11(9)17(15,16)12-8-4-2-6-10(12)14/h1-14H,15,26-27H2;1-8H,13-14H2. The first-order chi connectivity index (χ1) is 21.3. The Balaban J connectivity index is 0.000000174. The van der Waals surface area contributed by atoms with Crippen LogP contribution in [-0.4, -0.2) is 8.42 Å². The van der Waals surface area contributed by atoms with Gasteiger partial charge in [-0.05, 0) is 76.2 Å². The molecule has 0 unspecified atom stereocenters. The Morgan fingerprint density at radius 1 is 0.409 bits per heavy atom. The van der Waals surface area contributed by atoms with E-state index in [4.69, 9.17) is 22.9 Å². The molecule has 218 valence electrons. The Labute approximate surface area is 257 Å². The van der Waals surface area contributed by atoms with Crippen LogP contribution in [0.15, 0.2) is 143 Å².